The van der Waals surface area contributed by atoms with Crippen LogP contribution in [0.5, 0.6) is 0 Å². The molecule has 1 rings (SSSR count). The van der Waals surface area contributed by atoms with Crippen molar-refractivity contribution in [3.63, 3.8) is 0 Å². The van der Waals surface area contributed by atoms with E-state index in [1.165, 1.54) is 0 Å². The predicted octanol–water partition coefficient (Wildman–Crippen LogP) is 1.62. The molecule has 0 amide bonds. The van der Waals surface area contributed by atoms with E-state index in [9.17, 15) is 18.3 Å². The van der Waals surface area contributed by atoms with Gasteiger partial charge >= 0.3 is 6.18 Å². The summed E-state index contributed by atoms with van der Waals surface area (Å²) in [5.74, 6) is 0.245. The summed E-state index contributed by atoms with van der Waals surface area (Å²) in [7, 11) is 0. The fraction of sp³-hybridized carbons (Fsp3) is 0.538. The number of aliphatic hydroxyl groups excluding tert-OH is 1. The maximum Gasteiger partial charge on any atom is 0.390 e. The van der Waals surface area contributed by atoms with Crippen LogP contribution in [0.25, 0.3) is 0 Å². The maximum atomic E-state index is 12.1. The van der Waals surface area contributed by atoms with Crippen LogP contribution in [0.4, 0.5) is 13.2 Å². The number of aliphatic imine (C=N–C) groups is 1. The van der Waals surface area contributed by atoms with Crippen LogP contribution in [0.2, 0.25) is 0 Å². The SMILES string of the molecule is CCNC(=NCC(O)c1ccncc1)NCCC(F)(F)F. The second kappa shape index (κ2) is 8.46. The number of nitrogens with one attached hydrogen (secondary N) is 2. The quantitative estimate of drug-likeness (QED) is 0.552. The van der Waals surface area contributed by atoms with E-state index in [-0.39, 0.29) is 19.0 Å². The molecule has 1 aromatic heterocycles. The lowest BCUT2D eigenvalue weighted by Crippen LogP contribution is -2.39. The van der Waals surface area contributed by atoms with E-state index in [0.717, 1.165) is 0 Å². The van der Waals surface area contributed by atoms with Gasteiger partial charge in [-0.3, -0.25) is 9.98 Å². The van der Waals surface area contributed by atoms with Crippen molar-refractivity contribution in [1.82, 2.24) is 15.6 Å². The number of nitrogens with zero attached hydrogens (tertiary/aromatic N) is 2. The van der Waals surface area contributed by atoms with Gasteiger partial charge in [0.2, 0.25) is 0 Å². The van der Waals surface area contributed by atoms with Gasteiger partial charge in [-0.15, -0.1) is 0 Å². The van der Waals surface area contributed by atoms with E-state index in [0.29, 0.717) is 12.1 Å². The van der Waals surface area contributed by atoms with Gasteiger partial charge in [0.1, 0.15) is 0 Å². The van der Waals surface area contributed by atoms with Gasteiger partial charge in [0.15, 0.2) is 5.96 Å². The lowest BCUT2D eigenvalue weighted by atomic mass is 10.1. The minimum Gasteiger partial charge on any atom is -0.386 e. The minimum atomic E-state index is -4.21. The van der Waals surface area contributed by atoms with Gasteiger partial charge in [0, 0.05) is 25.5 Å². The first-order chi connectivity index (χ1) is 9.92. The molecule has 1 heterocycles. The first-order valence-corrected chi connectivity index (χ1v) is 6.59. The maximum absolute atomic E-state index is 12.1. The Hall–Kier alpha value is -1.83. The van der Waals surface area contributed by atoms with Crippen molar-refractivity contribution in [2.45, 2.75) is 25.6 Å². The first kappa shape index (κ1) is 17.2. The van der Waals surface area contributed by atoms with E-state index in [1.54, 1.807) is 31.5 Å². The summed E-state index contributed by atoms with van der Waals surface area (Å²) in [6.45, 7) is 2.11. The minimum absolute atomic E-state index is 0.0470. The Morgan fingerprint density at radius 2 is 2.00 bits per heavy atom. The highest BCUT2D eigenvalue weighted by atomic mass is 19.4. The summed E-state index contributed by atoms with van der Waals surface area (Å²) in [5.41, 5.74) is 0.653. The van der Waals surface area contributed by atoms with Crippen LogP contribution in [0.15, 0.2) is 29.5 Å². The second-order valence-electron chi connectivity index (χ2n) is 4.31. The van der Waals surface area contributed by atoms with E-state index in [4.69, 9.17) is 0 Å². The van der Waals surface area contributed by atoms with Crippen molar-refractivity contribution in [2.24, 2.45) is 4.99 Å². The van der Waals surface area contributed by atoms with Gasteiger partial charge in [0.05, 0.1) is 19.1 Å². The second-order valence-corrected chi connectivity index (χ2v) is 4.31. The van der Waals surface area contributed by atoms with Crippen LogP contribution < -0.4 is 10.6 Å². The molecule has 3 N–H and O–H groups in total. The Morgan fingerprint density at radius 1 is 1.33 bits per heavy atom. The molecule has 1 unspecified atom stereocenters. The highest BCUT2D eigenvalue weighted by Crippen LogP contribution is 2.18. The number of hydrogen-bond acceptors (Lipinski definition) is 3. The zero-order chi connectivity index (χ0) is 15.7. The molecule has 5 nitrogen and oxygen atoms in total. The van der Waals surface area contributed by atoms with Gasteiger partial charge < -0.3 is 15.7 Å². The molecule has 0 spiro atoms. The van der Waals surface area contributed by atoms with Crippen molar-refractivity contribution in [2.75, 3.05) is 19.6 Å². The number of alkyl halides is 3. The summed E-state index contributed by atoms with van der Waals surface area (Å²) in [6, 6.07) is 3.31. The van der Waals surface area contributed by atoms with Crippen molar-refractivity contribution in [1.29, 1.82) is 0 Å². The smallest absolute Gasteiger partial charge is 0.386 e. The topological polar surface area (TPSA) is 69.5 Å². The molecule has 0 aromatic carbocycles. The Labute approximate surface area is 121 Å². The normalized spacial score (nSPS) is 13.9. The lowest BCUT2D eigenvalue weighted by molar-refractivity contribution is -0.132. The Balaban J connectivity index is 2.51. The molecule has 0 saturated carbocycles. The van der Waals surface area contributed by atoms with Gasteiger partial charge in [-0.1, -0.05) is 0 Å². The highest BCUT2D eigenvalue weighted by Gasteiger charge is 2.26. The molecule has 0 saturated heterocycles. The zero-order valence-electron chi connectivity index (χ0n) is 11.7. The average Bonchev–Trinajstić information content (AvgIpc) is 2.44. The summed E-state index contributed by atoms with van der Waals surface area (Å²) in [5, 5.41) is 15.3. The lowest BCUT2D eigenvalue weighted by Gasteiger charge is -2.14. The van der Waals surface area contributed by atoms with Gasteiger partial charge in [-0.05, 0) is 24.6 Å². The number of rotatable bonds is 6. The van der Waals surface area contributed by atoms with E-state index in [2.05, 4.69) is 20.6 Å². The summed E-state index contributed by atoms with van der Waals surface area (Å²) < 4.78 is 36.2. The third-order valence-corrected chi connectivity index (χ3v) is 2.56. The number of aliphatic hydroxyl groups is 1. The van der Waals surface area contributed by atoms with E-state index < -0.39 is 18.7 Å². The molecule has 0 aliphatic carbocycles. The third kappa shape index (κ3) is 7.50. The summed E-state index contributed by atoms with van der Waals surface area (Å²) in [6.07, 6.45) is -2.87. The van der Waals surface area contributed by atoms with Crippen molar-refractivity contribution in [3.05, 3.63) is 30.1 Å². The number of halogens is 3. The molecule has 1 aromatic rings. The van der Waals surface area contributed by atoms with Gasteiger partial charge in [-0.25, -0.2) is 0 Å². The van der Waals surface area contributed by atoms with Crippen LogP contribution in [-0.2, 0) is 0 Å². The highest BCUT2D eigenvalue weighted by molar-refractivity contribution is 5.79. The van der Waals surface area contributed by atoms with Crippen LogP contribution in [0.1, 0.15) is 25.0 Å². The average molecular weight is 304 g/mol. The van der Waals surface area contributed by atoms with E-state index in [1.807, 2.05) is 0 Å². The van der Waals surface area contributed by atoms with Crippen molar-refractivity contribution < 1.29 is 18.3 Å². The van der Waals surface area contributed by atoms with Crippen LogP contribution in [-0.4, -0.2) is 41.9 Å². The van der Waals surface area contributed by atoms with Crippen LogP contribution in [0, 0.1) is 0 Å². The van der Waals surface area contributed by atoms with Crippen LogP contribution in [0.3, 0.4) is 0 Å². The van der Waals surface area contributed by atoms with Crippen molar-refractivity contribution in [3.8, 4) is 0 Å². The Morgan fingerprint density at radius 3 is 2.57 bits per heavy atom. The Bertz CT molecular complexity index is 437. The molecular weight excluding hydrogens is 285 g/mol. The molecule has 8 heteroatoms. The molecule has 118 valence electrons. The molecule has 0 aliphatic heterocycles. The van der Waals surface area contributed by atoms with Gasteiger partial charge in [0.25, 0.3) is 0 Å². The van der Waals surface area contributed by atoms with E-state index >= 15 is 0 Å². The summed E-state index contributed by atoms with van der Waals surface area (Å²) in [4.78, 5) is 7.90. The molecule has 0 bridgehead atoms. The van der Waals surface area contributed by atoms with Crippen molar-refractivity contribution >= 4 is 5.96 Å². The number of hydrogen-bond donors (Lipinski definition) is 3. The zero-order valence-corrected chi connectivity index (χ0v) is 11.7. The molecule has 1 atom stereocenters. The molecular formula is C13H19F3N4O. The monoisotopic (exact) mass is 304 g/mol. The fourth-order valence-corrected chi connectivity index (χ4v) is 1.53. The largest absolute Gasteiger partial charge is 0.390 e. The first-order valence-electron chi connectivity index (χ1n) is 6.59. The molecule has 21 heavy (non-hydrogen) atoms. The number of aromatic nitrogens is 1. The standard InChI is InChI=1S/C13H19F3N4O/c1-2-18-12(19-8-5-13(14,15)16)20-9-11(21)10-3-6-17-7-4-10/h3-4,6-7,11,21H,2,5,8-9H2,1H3,(H2,18,19,20). The number of pyridine rings is 1. The van der Waals surface area contributed by atoms with Gasteiger partial charge in [-0.2, -0.15) is 13.2 Å². The third-order valence-electron chi connectivity index (χ3n) is 2.56. The number of guanidine groups is 1. The molecule has 0 aliphatic rings. The fourth-order valence-electron chi connectivity index (χ4n) is 1.53. The molecule has 0 radical (unpaired) electrons. The van der Waals surface area contributed by atoms with Crippen LogP contribution >= 0.6 is 0 Å². The summed E-state index contributed by atoms with van der Waals surface area (Å²) >= 11 is 0. The predicted molar refractivity (Wildman–Crippen MR) is 73.9 cm³/mol. The molecule has 0 fully saturated rings. The Kier molecular flexibility index (Phi) is 6.93.